The van der Waals surface area contributed by atoms with Crippen LogP contribution in [0.15, 0.2) is 29.0 Å². The van der Waals surface area contributed by atoms with E-state index in [-0.39, 0.29) is 11.3 Å². The molecule has 0 unspecified atom stereocenters. The van der Waals surface area contributed by atoms with Crippen LogP contribution in [0.5, 0.6) is 5.75 Å². The number of primary amides is 1. The van der Waals surface area contributed by atoms with E-state index in [1.54, 1.807) is 27.7 Å². The number of anilines is 1. The third-order valence-electron chi connectivity index (χ3n) is 7.77. The molecule has 0 saturated heterocycles. The Balaban J connectivity index is 1.93. The Morgan fingerprint density at radius 3 is 2.25 bits per heavy atom. The lowest BCUT2D eigenvalue weighted by Crippen LogP contribution is -2.70. The fraction of sp³-hybridized carbons (Fsp3) is 0.481. The van der Waals surface area contributed by atoms with Gasteiger partial charge in [-0.1, -0.05) is 13.0 Å². The van der Waals surface area contributed by atoms with Crippen molar-refractivity contribution >= 4 is 35.0 Å². The second kappa shape index (κ2) is 9.32. The molecule has 1 fully saturated rings. The van der Waals surface area contributed by atoms with E-state index >= 15 is 0 Å². The summed E-state index contributed by atoms with van der Waals surface area (Å²) in [6, 6.07) is 1.41. The van der Waals surface area contributed by atoms with Gasteiger partial charge in [0.2, 0.25) is 5.78 Å². The third kappa shape index (κ3) is 4.03. The molecule has 0 spiro atoms. The third-order valence-corrected chi connectivity index (χ3v) is 7.77. The van der Waals surface area contributed by atoms with Crippen molar-refractivity contribution in [3.8, 4) is 5.75 Å². The van der Waals surface area contributed by atoms with Crippen LogP contribution in [0.4, 0.5) is 10.5 Å². The van der Waals surface area contributed by atoms with Gasteiger partial charge in [0.05, 0.1) is 29.3 Å². The SMILES string of the molecule is C[C@@H]1c2ccc(NC(=O)OC(C)(C)C)c(O)c2C(O)=C2C(=O)[C@]3(O)C(O)=C(C(N)=O)C(=O)[C@@H](N(C)C)[C@H]3[C@@H](O)[C@H]21. The molecule has 40 heavy (non-hydrogen) atoms. The molecule has 2 amide bonds. The first kappa shape index (κ1) is 29.1. The Kier molecular flexibility index (Phi) is 6.77. The number of Topliss-reactive ketones (excluding diaryl/α,β-unsaturated/α-hetero) is 2. The number of phenols is 1. The molecule has 216 valence electrons. The van der Waals surface area contributed by atoms with E-state index in [9.17, 15) is 44.7 Å². The molecule has 6 atom stereocenters. The average molecular weight is 560 g/mol. The van der Waals surface area contributed by atoms with Crippen molar-refractivity contribution in [2.24, 2.45) is 17.6 Å². The summed E-state index contributed by atoms with van der Waals surface area (Å²) in [4.78, 5) is 52.9. The summed E-state index contributed by atoms with van der Waals surface area (Å²) in [7, 11) is 2.86. The number of likely N-dealkylation sites (N-methyl/N-ethyl adjacent to an activating group) is 1. The molecule has 4 rings (SSSR count). The molecule has 8 N–H and O–H groups in total. The van der Waals surface area contributed by atoms with E-state index in [0.29, 0.717) is 5.56 Å². The summed E-state index contributed by atoms with van der Waals surface area (Å²) < 4.78 is 5.20. The van der Waals surface area contributed by atoms with Gasteiger partial charge in [0.15, 0.2) is 11.4 Å². The fourth-order valence-electron chi connectivity index (χ4n) is 6.13. The Bertz CT molecular complexity index is 1410. The van der Waals surface area contributed by atoms with Crippen molar-refractivity contribution in [1.82, 2.24) is 4.90 Å². The number of rotatable bonds is 3. The minimum Gasteiger partial charge on any atom is -0.508 e. The number of nitrogens with two attached hydrogens (primary N) is 1. The number of ketones is 2. The topological polar surface area (TPSA) is 220 Å². The molecule has 1 aromatic rings. The van der Waals surface area contributed by atoms with Crippen LogP contribution in [0.25, 0.3) is 5.76 Å². The predicted octanol–water partition coefficient (Wildman–Crippen LogP) is 0.843. The number of benzene rings is 1. The highest BCUT2D eigenvalue weighted by Gasteiger charge is 2.68. The monoisotopic (exact) mass is 559 g/mol. The minimum absolute atomic E-state index is 0.152. The van der Waals surface area contributed by atoms with Gasteiger partial charge in [-0.25, -0.2) is 4.79 Å². The zero-order chi connectivity index (χ0) is 30.2. The molecule has 1 saturated carbocycles. The molecule has 1 aromatic carbocycles. The summed E-state index contributed by atoms with van der Waals surface area (Å²) in [5, 5.41) is 59.0. The van der Waals surface area contributed by atoms with Crippen molar-refractivity contribution in [3.05, 3.63) is 40.2 Å². The Morgan fingerprint density at radius 2 is 1.73 bits per heavy atom. The number of hydrogen-bond donors (Lipinski definition) is 7. The summed E-state index contributed by atoms with van der Waals surface area (Å²) >= 11 is 0. The number of aliphatic hydroxyl groups excluding tert-OH is 3. The first-order valence-corrected chi connectivity index (χ1v) is 12.5. The van der Waals surface area contributed by atoms with Crippen LogP contribution in [0.3, 0.4) is 0 Å². The number of amides is 2. The number of ether oxygens (including phenoxy) is 1. The first-order chi connectivity index (χ1) is 18.4. The number of carbonyl (C=O) groups excluding carboxylic acids is 4. The highest BCUT2D eigenvalue weighted by Crippen LogP contribution is 2.56. The van der Waals surface area contributed by atoms with E-state index < -0.39 is 93.1 Å². The summed E-state index contributed by atoms with van der Waals surface area (Å²) in [6.45, 7) is 6.53. The van der Waals surface area contributed by atoms with Gasteiger partial charge in [-0.05, 0) is 52.4 Å². The second-order valence-corrected chi connectivity index (χ2v) is 11.6. The Morgan fingerprint density at radius 1 is 1.12 bits per heavy atom. The lowest BCUT2D eigenvalue weighted by Gasteiger charge is -2.53. The van der Waals surface area contributed by atoms with E-state index in [1.165, 1.54) is 31.1 Å². The van der Waals surface area contributed by atoms with Crippen LogP contribution in [0.1, 0.15) is 44.7 Å². The molecule has 3 aliphatic carbocycles. The first-order valence-electron chi connectivity index (χ1n) is 12.5. The molecular weight excluding hydrogens is 526 g/mol. The number of aromatic hydroxyl groups is 1. The lowest BCUT2D eigenvalue weighted by atomic mass is 9.54. The molecule has 0 aromatic heterocycles. The normalized spacial score (nSPS) is 30.1. The van der Waals surface area contributed by atoms with Crippen LogP contribution < -0.4 is 11.1 Å². The van der Waals surface area contributed by atoms with Crippen LogP contribution >= 0.6 is 0 Å². The molecule has 13 heteroatoms. The average Bonchev–Trinajstić information content (AvgIpc) is 2.81. The van der Waals surface area contributed by atoms with Crippen LogP contribution in [0.2, 0.25) is 0 Å². The molecule has 13 nitrogen and oxygen atoms in total. The van der Waals surface area contributed by atoms with Gasteiger partial charge in [0.1, 0.15) is 28.4 Å². The molecule has 0 heterocycles. The Labute approximate surface area is 229 Å². The number of carbonyl (C=O) groups is 4. The lowest BCUT2D eigenvalue weighted by molar-refractivity contribution is -0.169. The fourth-order valence-corrected chi connectivity index (χ4v) is 6.13. The smallest absolute Gasteiger partial charge is 0.412 e. The van der Waals surface area contributed by atoms with Gasteiger partial charge in [-0.3, -0.25) is 24.6 Å². The van der Waals surface area contributed by atoms with Crippen LogP contribution in [0, 0.1) is 11.8 Å². The van der Waals surface area contributed by atoms with E-state index in [2.05, 4.69) is 5.32 Å². The van der Waals surface area contributed by atoms with Gasteiger partial charge < -0.3 is 36.0 Å². The van der Waals surface area contributed by atoms with Gasteiger partial charge in [-0.2, -0.15) is 0 Å². The second-order valence-electron chi connectivity index (χ2n) is 11.6. The zero-order valence-corrected chi connectivity index (χ0v) is 22.8. The maximum absolute atomic E-state index is 14.0. The largest absolute Gasteiger partial charge is 0.508 e. The predicted molar refractivity (Wildman–Crippen MR) is 140 cm³/mol. The van der Waals surface area contributed by atoms with Gasteiger partial charge in [-0.15, -0.1) is 0 Å². The summed E-state index contributed by atoms with van der Waals surface area (Å²) in [5.74, 6) is -9.99. The maximum atomic E-state index is 14.0. The number of phenolic OH excluding ortho intramolecular Hbond substituents is 1. The van der Waals surface area contributed by atoms with Gasteiger partial charge in [0, 0.05) is 11.5 Å². The van der Waals surface area contributed by atoms with Gasteiger partial charge in [0.25, 0.3) is 5.91 Å². The van der Waals surface area contributed by atoms with Crippen molar-refractivity contribution in [3.63, 3.8) is 0 Å². The molecular formula is C27H33N3O10. The molecule has 0 bridgehead atoms. The van der Waals surface area contributed by atoms with Crippen molar-refractivity contribution in [2.75, 3.05) is 19.4 Å². The Hall–Kier alpha value is -3.94. The van der Waals surface area contributed by atoms with Gasteiger partial charge >= 0.3 is 6.09 Å². The van der Waals surface area contributed by atoms with Crippen molar-refractivity contribution < 1.29 is 49.4 Å². The number of nitrogens with zero attached hydrogens (tertiary/aromatic N) is 1. The highest BCUT2D eigenvalue weighted by atomic mass is 16.6. The van der Waals surface area contributed by atoms with Crippen molar-refractivity contribution in [2.45, 2.75) is 57.0 Å². The van der Waals surface area contributed by atoms with E-state index in [0.717, 1.165) is 0 Å². The number of fused-ring (bicyclic) bond motifs is 3. The van der Waals surface area contributed by atoms with E-state index in [1.807, 2.05) is 0 Å². The number of nitrogens with one attached hydrogen (secondary N) is 1. The number of aliphatic hydroxyl groups is 4. The highest BCUT2D eigenvalue weighted by molar-refractivity contribution is 6.24. The molecule has 0 aliphatic heterocycles. The quantitative estimate of drug-likeness (QED) is 0.203. The minimum atomic E-state index is -3.01. The van der Waals surface area contributed by atoms with Crippen LogP contribution in [-0.4, -0.2) is 91.4 Å². The summed E-state index contributed by atoms with van der Waals surface area (Å²) in [5.41, 5.74) is -0.162. The summed E-state index contributed by atoms with van der Waals surface area (Å²) in [6.07, 6.45) is -2.59. The van der Waals surface area contributed by atoms with E-state index in [4.69, 9.17) is 10.5 Å². The standard InChI is InChI=1S/C27H33N3O10/c1-9-10-7-8-11(29-25(38)40-26(2,3)4)18(31)13(10)19(32)14-12(9)20(33)16-17(30(5)6)21(34)15(24(28)37)23(36)27(16,39)22(14)35/h7-9,12,16-17,20,31-33,36,39H,1-6H3,(H2,28,37)(H,29,38)/t9-,12+,16+,17+,20+,27+/m1/s1. The van der Waals surface area contributed by atoms with Crippen LogP contribution in [-0.2, 0) is 19.1 Å². The van der Waals surface area contributed by atoms with Crippen molar-refractivity contribution in [1.29, 1.82) is 0 Å². The molecule has 3 aliphatic rings. The zero-order valence-electron chi connectivity index (χ0n) is 22.8. The number of hydrogen-bond acceptors (Lipinski definition) is 11. The molecule has 0 radical (unpaired) electrons. The maximum Gasteiger partial charge on any atom is 0.412 e.